The first-order valence-corrected chi connectivity index (χ1v) is 5.71. The lowest BCUT2D eigenvalue weighted by molar-refractivity contribution is -0.144. The minimum absolute atomic E-state index is 0.153. The van der Waals surface area contributed by atoms with Crippen LogP contribution in [0.5, 0.6) is 0 Å². The molecule has 1 heterocycles. The van der Waals surface area contributed by atoms with E-state index in [0.717, 1.165) is 11.3 Å². The molecule has 0 saturated heterocycles. The fourth-order valence-electron chi connectivity index (χ4n) is 1.45. The molecule has 1 aromatic heterocycles. The van der Waals surface area contributed by atoms with E-state index in [2.05, 4.69) is 9.97 Å². The molecule has 0 amide bonds. The monoisotopic (exact) mass is 242 g/mol. The van der Waals surface area contributed by atoms with Crippen molar-refractivity contribution in [2.24, 2.45) is 0 Å². The van der Waals surface area contributed by atoms with Crippen LogP contribution in [0.2, 0.25) is 0 Å². The quantitative estimate of drug-likeness (QED) is 0.770. The van der Waals surface area contributed by atoms with Crippen LogP contribution in [-0.2, 0) is 22.6 Å². The Morgan fingerprint density at radius 3 is 2.61 bits per heavy atom. The number of hydrogen-bond acceptors (Lipinski definition) is 4. The molecule has 2 aromatic rings. The Morgan fingerprint density at radius 1 is 1.17 bits per heavy atom. The molecule has 1 aromatic carbocycles. The third kappa shape index (κ3) is 3.66. The van der Waals surface area contributed by atoms with Crippen LogP contribution in [-0.4, -0.2) is 15.9 Å². The number of rotatable bonds is 4. The van der Waals surface area contributed by atoms with Crippen molar-refractivity contribution in [1.29, 1.82) is 0 Å². The second-order valence-corrected chi connectivity index (χ2v) is 3.97. The highest BCUT2D eigenvalue weighted by molar-refractivity contribution is 5.71. The van der Waals surface area contributed by atoms with E-state index in [0.29, 0.717) is 12.3 Å². The van der Waals surface area contributed by atoms with Crippen molar-refractivity contribution in [2.45, 2.75) is 20.0 Å². The molecule has 0 unspecified atom stereocenters. The summed E-state index contributed by atoms with van der Waals surface area (Å²) in [5.41, 5.74) is 2.43. The Hall–Kier alpha value is -2.23. The maximum Gasteiger partial charge on any atom is 0.312 e. The molecule has 0 aliphatic carbocycles. The Labute approximate surface area is 106 Å². The average molecular weight is 242 g/mol. The first kappa shape index (κ1) is 12.2. The Morgan fingerprint density at radius 2 is 1.94 bits per heavy atom. The van der Waals surface area contributed by atoms with Crippen molar-refractivity contribution in [1.82, 2.24) is 9.97 Å². The van der Waals surface area contributed by atoms with Crippen LogP contribution < -0.4 is 0 Å². The van der Waals surface area contributed by atoms with Crippen LogP contribution in [0.15, 0.2) is 42.7 Å². The molecule has 2 rings (SSSR count). The average Bonchev–Trinajstić information content (AvgIpc) is 2.40. The highest BCUT2D eigenvalue weighted by Crippen LogP contribution is 2.03. The topological polar surface area (TPSA) is 52.1 Å². The van der Waals surface area contributed by atoms with Gasteiger partial charge in [0.1, 0.15) is 6.61 Å². The molecule has 0 N–H and O–H groups in total. The fourth-order valence-corrected chi connectivity index (χ4v) is 1.45. The lowest BCUT2D eigenvalue weighted by Gasteiger charge is -2.04. The predicted octanol–water partition coefficient (Wildman–Crippen LogP) is 2.07. The maximum atomic E-state index is 11.6. The summed E-state index contributed by atoms with van der Waals surface area (Å²) in [5.74, 6) is -0.294. The van der Waals surface area contributed by atoms with Crippen LogP contribution >= 0.6 is 0 Å². The summed E-state index contributed by atoms with van der Waals surface area (Å²) in [5, 5.41) is 0. The van der Waals surface area contributed by atoms with E-state index in [1.54, 1.807) is 12.4 Å². The van der Waals surface area contributed by atoms with Crippen LogP contribution in [0.25, 0.3) is 0 Å². The van der Waals surface area contributed by atoms with Crippen LogP contribution in [0.4, 0.5) is 0 Å². The van der Waals surface area contributed by atoms with E-state index in [4.69, 9.17) is 4.74 Å². The summed E-state index contributed by atoms with van der Waals surface area (Å²) >= 11 is 0. The van der Waals surface area contributed by atoms with Gasteiger partial charge in [-0.3, -0.25) is 14.8 Å². The predicted molar refractivity (Wildman–Crippen MR) is 66.7 cm³/mol. The van der Waals surface area contributed by atoms with E-state index in [-0.39, 0.29) is 12.4 Å². The van der Waals surface area contributed by atoms with Gasteiger partial charge in [0.25, 0.3) is 0 Å². The lowest BCUT2D eigenvalue weighted by Crippen LogP contribution is -2.09. The highest BCUT2D eigenvalue weighted by atomic mass is 16.5. The molecule has 4 heteroatoms. The van der Waals surface area contributed by atoms with Crippen molar-refractivity contribution >= 4 is 5.97 Å². The molecule has 4 nitrogen and oxygen atoms in total. The van der Waals surface area contributed by atoms with Gasteiger partial charge in [0.15, 0.2) is 0 Å². The molecule has 0 radical (unpaired) electrons. The molecular weight excluding hydrogens is 228 g/mol. The molecule has 92 valence electrons. The standard InChI is InChI=1S/C14H14N2O2/c1-11-8-16-13(9-15-11)7-14(17)18-10-12-5-3-2-4-6-12/h2-6,8-9H,7,10H2,1H3. The third-order valence-corrected chi connectivity index (χ3v) is 2.40. The van der Waals surface area contributed by atoms with Gasteiger partial charge in [-0.2, -0.15) is 0 Å². The van der Waals surface area contributed by atoms with Gasteiger partial charge in [-0.05, 0) is 12.5 Å². The minimum atomic E-state index is -0.294. The number of carbonyl (C=O) groups is 1. The van der Waals surface area contributed by atoms with E-state index in [1.807, 2.05) is 37.3 Å². The fraction of sp³-hybridized carbons (Fsp3) is 0.214. The summed E-state index contributed by atoms with van der Waals surface area (Å²) in [6.07, 6.45) is 3.39. The van der Waals surface area contributed by atoms with Crippen molar-refractivity contribution in [3.63, 3.8) is 0 Å². The van der Waals surface area contributed by atoms with Gasteiger partial charge in [0, 0.05) is 12.4 Å². The van der Waals surface area contributed by atoms with E-state index in [1.165, 1.54) is 0 Å². The number of benzene rings is 1. The molecular formula is C14H14N2O2. The molecule has 0 spiro atoms. The van der Waals surface area contributed by atoms with Crippen LogP contribution in [0.1, 0.15) is 17.0 Å². The maximum absolute atomic E-state index is 11.6. The third-order valence-electron chi connectivity index (χ3n) is 2.40. The van der Waals surface area contributed by atoms with Gasteiger partial charge in [-0.15, -0.1) is 0 Å². The molecule has 0 atom stereocenters. The minimum Gasteiger partial charge on any atom is -0.461 e. The normalized spacial score (nSPS) is 10.1. The Balaban J connectivity index is 1.84. The summed E-state index contributed by atoms with van der Waals surface area (Å²) in [6.45, 7) is 2.14. The Kier molecular flexibility index (Phi) is 4.02. The number of carbonyl (C=O) groups excluding carboxylic acids is 1. The summed E-state index contributed by atoms with van der Waals surface area (Å²) in [4.78, 5) is 19.8. The summed E-state index contributed by atoms with van der Waals surface area (Å²) in [6, 6.07) is 9.58. The molecule has 0 aliphatic rings. The van der Waals surface area contributed by atoms with Crippen molar-refractivity contribution in [3.8, 4) is 0 Å². The Bertz CT molecular complexity index is 509. The van der Waals surface area contributed by atoms with Gasteiger partial charge in [0.05, 0.1) is 17.8 Å². The zero-order chi connectivity index (χ0) is 12.8. The van der Waals surface area contributed by atoms with Gasteiger partial charge in [0.2, 0.25) is 0 Å². The second-order valence-electron chi connectivity index (χ2n) is 3.97. The SMILES string of the molecule is Cc1cnc(CC(=O)OCc2ccccc2)cn1. The van der Waals surface area contributed by atoms with Crippen LogP contribution in [0.3, 0.4) is 0 Å². The highest BCUT2D eigenvalue weighted by Gasteiger charge is 2.06. The summed E-state index contributed by atoms with van der Waals surface area (Å²) < 4.78 is 5.16. The van der Waals surface area contributed by atoms with E-state index < -0.39 is 0 Å². The van der Waals surface area contributed by atoms with Gasteiger partial charge in [-0.25, -0.2) is 0 Å². The zero-order valence-electron chi connectivity index (χ0n) is 10.2. The van der Waals surface area contributed by atoms with Gasteiger partial charge >= 0.3 is 5.97 Å². The van der Waals surface area contributed by atoms with Crippen molar-refractivity contribution in [3.05, 3.63) is 59.7 Å². The van der Waals surface area contributed by atoms with Gasteiger partial charge < -0.3 is 4.74 Å². The van der Waals surface area contributed by atoms with Gasteiger partial charge in [-0.1, -0.05) is 30.3 Å². The van der Waals surface area contributed by atoms with E-state index in [9.17, 15) is 4.79 Å². The first-order valence-electron chi connectivity index (χ1n) is 5.71. The first-order chi connectivity index (χ1) is 8.74. The number of hydrogen-bond donors (Lipinski definition) is 0. The van der Waals surface area contributed by atoms with Crippen molar-refractivity contribution in [2.75, 3.05) is 0 Å². The molecule has 18 heavy (non-hydrogen) atoms. The number of esters is 1. The lowest BCUT2D eigenvalue weighted by atomic mass is 10.2. The number of aryl methyl sites for hydroxylation is 1. The molecule has 0 fully saturated rings. The molecule has 0 bridgehead atoms. The summed E-state index contributed by atoms with van der Waals surface area (Å²) in [7, 11) is 0. The molecule has 0 saturated carbocycles. The van der Waals surface area contributed by atoms with Crippen molar-refractivity contribution < 1.29 is 9.53 Å². The largest absolute Gasteiger partial charge is 0.461 e. The smallest absolute Gasteiger partial charge is 0.312 e. The van der Waals surface area contributed by atoms with E-state index >= 15 is 0 Å². The number of aromatic nitrogens is 2. The molecule has 0 aliphatic heterocycles. The number of nitrogens with zero attached hydrogens (tertiary/aromatic N) is 2. The zero-order valence-corrected chi connectivity index (χ0v) is 10.2. The van der Waals surface area contributed by atoms with Crippen LogP contribution in [0, 0.1) is 6.92 Å². The number of ether oxygens (including phenoxy) is 1. The second kappa shape index (κ2) is 5.91.